The molecule has 1 N–H and O–H groups in total. The zero-order valence-electron chi connectivity index (χ0n) is 18.3. The van der Waals surface area contributed by atoms with E-state index in [-0.39, 0.29) is 22.5 Å². The Kier molecular flexibility index (Phi) is 4.67. The van der Waals surface area contributed by atoms with Crippen LogP contribution in [0.5, 0.6) is 17.2 Å². The number of aromatic hydroxyl groups is 1. The van der Waals surface area contributed by atoms with Crippen LogP contribution < -0.4 is 14.9 Å². The number of rotatable bonds is 4. The van der Waals surface area contributed by atoms with Gasteiger partial charge in [-0.3, -0.25) is 9.59 Å². The van der Waals surface area contributed by atoms with E-state index in [1.807, 2.05) is 60.7 Å². The fourth-order valence-corrected chi connectivity index (χ4v) is 4.33. The van der Waals surface area contributed by atoms with Gasteiger partial charge in [-0.2, -0.15) is 0 Å². The first-order valence-electron chi connectivity index (χ1n) is 11.0. The average molecular weight is 462 g/mol. The monoisotopic (exact) mass is 462 g/mol. The van der Waals surface area contributed by atoms with Crippen molar-refractivity contribution in [2.24, 2.45) is 0 Å². The molecule has 5 aromatic rings. The Morgan fingerprint density at radius 3 is 1.97 bits per heavy atom. The molecule has 0 saturated carbocycles. The van der Waals surface area contributed by atoms with Crippen molar-refractivity contribution in [3.63, 3.8) is 0 Å². The van der Waals surface area contributed by atoms with Crippen LogP contribution in [-0.4, -0.2) is 11.4 Å². The number of ether oxygens (including phenoxy) is 2. The first-order chi connectivity index (χ1) is 17.1. The minimum Gasteiger partial charge on any atom is -0.502 e. The number of hydrogen-bond donors (Lipinski definition) is 1. The molecule has 6 rings (SSSR count). The Bertz CT molecular complexity index is 1580. The van der Waals surface area contributed by atoms with Gasteiger partial charge in [0.25, 0.3) is 0 Å². The van der Waals surface area contributed by atoms with Crippen molar-refractivity contribution >= 4 is 17.3 Å². The van der Waals surface area contributed by atoms with Gasteiger partial charge in [0.2, 0.25) is 16.9 Å². The molecule has 0 fully saturated rings. The van der Waals surface area contributed by atoms with Gasteiger partial charge in [0.15, 0.2) is 17.1 Å². The van der Waals surface area contributed by atoms with Crippen molar-refractivity contribution in [1.29, 1.82) is 0 Å². The summed E-state index contributed by atoms with van der Waals surface area (Å²) in [5.41, 5.74) is 2.01. The standard InChI is InChI=1S/C29H18O6/c30-17-18-11-13-19(14-12-18)26-25(32)24(31)22-15-16-23-28(27(22)33-26)35-29(34-23,20-7-3-1-4-8-20)21-9-5-2-6-10-21/h1-17,32H. The summed E-state index contributed by atoms with van der Waals surface area (Å²) in [6, 6.07) is 28.6. The van der Waals surface area contributed by atoms with Crippen LogP contribution in [0.1, 0.15) is 21.5 Å². The quantitative estimate of drug-likeness (QED) is 0.347. The molecule has 35 heavy (non-hydrogen) atoms. The van der Waals surface area contributed by atoms with Gasteiger partial charge >= 0.3 is 5.79 Å². The fraction of sp³-hybridized carbons (Fsp3) is 0.0345. The third-order valence-electron chi connectivity index (χ3n) is 6.07. The van der Waals surface area contributed by atoms with E-state index >= 15 is 0 Å². The van der Waals surface area contributed by atoms with Gasteiger partial charge in [-0.15, -0.1) is 0 Å². The van der Waals surface area contributed by atoms with Gasteiger partial charge in [-0.25, -0.2) is 0 Å². The molecule has 1 aliphatic heterocycles. The van der Waals surface area contributed by atoms with Crippen LogP contribution in [0.4, 0.5) is 0 Å². The first-order valence-corrected chi connectivity index (χ1v) is 11.0. The lowest BCUT2D eigenvalue weighted by Gasteiger charge is -2.28. The molecule has 6 heteroatoms. The van der Waals surface area contributed by atoms with E-state index in [2.05, 4.69) is 0 Å². The van der Waals surface area contributed by atoms with Crippen LogP contribution in [-0.2, 0) is 5.79 Å². The molecule has 1 aliphatic rings. The summed E-state index contributed by atoms with van der Waals surface area (Å²) in [4.78, 5) is 24.1. The summed E-state index contributed by atoms with van der Waals surface area (Å²) in [7, 11) is 0. The van der Waals surface area contributed by atoms with E-state index in [9.17, 15) is 14.7 Å². The maximum absolute atomic E-state index is 13.1. The third kappa shape index (κ3) is 3.19. The normalized spacial score (nSPS) is 13.6. The van der Waals surface area contributed by atoms with Crippen molar-refractivity contribution < 1.29 is 23.8 Å². The van der Waals surface area contributed by atoms with Crippen LogP contribution in [0.15, 0.2) is 106 Å². The number of hydrogen-bond acceptors (Lipinski definition) is 6. The van der Waals surface area contributed by atoms with E-state index in [4.69, 9.17) is 13.9 Å². The molecule has 0 radical (unpaired) electrons. The Balaban J connectivity index is 1.57. The van der Waals surface area contributed by atoms with Crippen LogP contribution in [0, 0.1) is 0 Å². The van der Waals surface area contributed by atoms with Crippen molar-refractivity contribution in [2.75, 3.05) is 0 Å². The molecule has 170 valence electrons. The zero-order valence-corrected chi connectivity index (χ0v) is 18.3. The Morgan fingerprint density at radius 1 is 0.743 bits per heavy atom. The summed E-state index contributed by atoms with van der Waals surface area (Å²) in [6.45, 7) is 0. The molecule has 0 bridgehead atoms. The highest BCUT2D eigenvalue weighted by molar-refractivity contribution is 5.89. The van der Waals surface area contributed by atoms with Gasteiger partial charge < -0.3 is 19.0 Å². The molecular weight excluding hydrogens is 444 g/mol. The lowest BCUT2D eigenvalue weighted by Crippen LogP contribution is -2.36. The Hall–Kier alpha value is -4.84. The van der Waals surface area contributed by atoms with E-state index in [0.717, 1.165) is 11.1 Å². The molecule has 6 nitrogen and oxygen atoms in total. The average Bonchev–Trinajstić information content (AvgIpc) is 3.33. The number of fused-ring (bicyclic) bond motifs is 3. The summed E-state index contributed by atoms with van der Waals surface area (Å²) >= 11 is 0. The molecule has 0 saturated heterocycles. The molecule has 0 spiro atoms. The molecule has 1 aromatic heterocycles. The van der Waals surface area contributed by atoms with Gasteiger partial charge in [-0.05, 0) is 12.1 Å². The highest BCUT2D eigenvalue weighted by Gasteiger charge is 2.46. The van der Waals surface area contributed by atoms with E-state index in [0.29, 0.717) is 23.2 Å². The molecule has 0 atom stereocenters. The second kappa shape index (κ2) is 7.88. The highest BCUT2D eigenvalue weighted by atomic mass is 16.7. The van der Waals surface area contributed by atoms with Gasteiger partial charge in [0.1, 0.15) is 6.29 Å². The van der Waals surface area contributed by atoms with Crippen molar-refractivity contribution in [1.82, 2.24) is 0 Å². The minimum absolute atomic E-state index is 0.0196. The van der Waals surface area contributed by atoms with Gasteiger partial charge in [0, 0.05) is 22.3 Å². The van der Waals surface area contributed by atoms with E-state index in [1.54, 1.807) is 36.4 Å². The third-order valence-corrected chi connectivity index (χ3v) is 6.07. The van der Waals surface area contributed by atoms with Crippen LogP contribution >= 0.6 is 0 Å². The van der Waals surface area contributed by atoms with Gasteiger partial charge in [0.05, 0.1) is 5.39 Å². The second-order valence-corrected chi connectivity index (χ2v) is 8.17. The van der Waals surface area contributed by atoms with Crippen molar-refractivity contribution in [2.45, 2.75) is 5.79 Å². The summed E-state index contributed by atoms with van der Waals surface area (Å²) in [5, 5.41) is 10.8. The van der Waals surface area contributed by atoms with Crippen LogP contribution in [0.2, 0.25) is 0 Å². The SMILES string of the molecule is O=Cc1ccc(-c2oc3c4c(ccc3c(=O)c2O)OC(c2ccccc2)(c2ccccc2)O4)cc1. The smallest absolute Gasteiger partial charge is 0.305 e. The predicted molar refractivity (Wildman–Crippen MR) is 130 cm³/mol. The van der Waals surface area contributed by atoms with Crippen LogP contribution in [0.25, 0.3) is 22.3 Å². The highest BCUT2D eigenvalue weighted by Crippen LogP contribution is 2.51. The predicted octanol–water partition coefficient (Wildman–Crippen LogP) is 5.65. The molecule has 4 aromatic carbocycles. The number of carbonyl (C=O) groups excluding carboxylic acids is 1. The first kappa shape index (κ1) is 20.7. The largest absolute Gasteiger partial charge is 0.502 e. The van der Waals surface area contributed by atoms with Crippen LogP contribution in [0.3, 0.4) is 0 Å². The Morgan fingerprint density at radius 2 is 1.37 bits per heavy atom. The molecule has 2 heterocycles. The maximum atomic E-state index is 13.1. The van der Waals surface area contributed by atoms with Crippen molar-refractivity contribution in [3.05, 3.63) is 124 Å². The topological polar surface area (TPSA) is 86.0 Å². The Labute approximate surface area is 199 Å². The number of carbonyl (C=O) groups is 1. The summed E-state index contributed by atoms with van der Waals surface area (Å²) in [6.07, 6.45) is 0.713. The molecule has 0 unspecified atom stereocenters. The van der Waals surface area contributed by atoms with Gasteiger partial charge in [-0.1, -0.05) is 84.9 Å². The lowest BCUT2D eigenvalue weighted by atomic mass is 9.97. The van der Waals surface area contributed by atoms with E-state index < -0.39 is 17.0 Å². The van der Waals surface area contributed by atoms with E-state index in [1.165, 1.54) is 0 Å². The lowest BCUT2D eigenvalue weighted by molar-refractivity contribution is -0.0456. The summed E-state index contributed by atoms with van der Waals surface area (Å²) < 4.78 is 19.1. The fourth-order valence-electron chi connectivity index (χ4n) is 4.33. The molecular formula is C29H18O6. The summed E-state index contributed by atoms with van der Waals surface area (Å²) in [5.74, 6) is -1.16. The second-order valence-electron chi connectivity index (χ2n) is 8.17. The minimum atomic E-state index is -1.29. The number of aldehydes is 1. The maximum Gasteiger partial charge on any atom is 0.305 e. The van der Waals surface area contributed by atoms with Crippen molar-refractivity contribution in [3.8, 4) is 28.6 Å². The number of benzene rings is 4. The zero-order chi connectivity index (χ0) is 24.0. The molecule has 0 amide bonds. The molecule has 0 aliphatic carbocycles.